The van der Waals surface area contributed by atoms with Gasteiger partial charge in [-0.15, -0.1) is 11.8 Å². The molecule has 1 saturated heterocycles. The number of hydrogen-bond donors (Lipinski definition) is 2. The van der Waals surface area contributed by atoms with Gasteiger partial charge in [0, 0.05) is 22.0 Å². The van der Waals surface area contributed by atoms with Gasteiger partial charge in [-0.05, 0) is 93.2 Å². The summed E-state index contributed by atoms with van der Waals surface area (Å²) in [6, 6.07) is 12.3. The lowest BCUT2D eigenvalue weighted by atomic mass is 9.71. The molecule has 4 rings (SSSR count). The van der Waals surface area contributed by atoms with Gasteiger partial charge in [-0.3, -0.25) is 9.78 Å². The Morgan fingerprint density at radius 1 is 1.26 bits per heavy atom. The summed E-state index contributed by atoms with van der Waals surface area (Å²) < 4.78 is 19.2. The van der Waals surface area contributed by atoms with Gasteiger partial charge in [0.05, 0.1) is 30.2 Å². The largest absolute Gasteiger partial charge is 0.497 e. The van der Waals surface area contributed by atoms with Crippen LogP contribution in [0.15, 0.2) is 53.6 Å². The van der Waals surface area contributed by atoms with Gasteiger partial charge in [-0.1, -0.05) is 23.7 Å². The van der Waals surface area contributed by atoms with Gasteiger partial charge < -0.3 is 19.8 Å². The number of fused-ring (bicyclic) bond motifs is 1. The quantitative estimate of drug-likeness (QED) is 0.191. The maximum atomic E-state index is 13.8. The molecule has 1 atom stereocenters. The summed E-state index contributed by atoms with van der Waals surface area (Å²) >= 11 is 8.00. The molecule has 0 bridgehead atoms. The number of aliphatic carboxylic acids is 1. The van der Waals surface area contributed by atoms with Crippen molar-refractivity contribution in [3.05, 3.63) is 65.1 Å². The number of hydrogen-bond acceptors (Lipinski definition) is 6. The third-order valence-electron chi connectivity index (χ3n) is 7.51. The number of benzene rings is 2. The average molecular weight is 561 g/mol. The zero-order chi connectivity index (χ0) is 27.1. The van der Waals surface area contributed by atoms with Crippen molar-refractivity contribution in [3.63, 3.8) is 0 Å². The number of likely N-dealkylation sites (tertiary alicyclic amines) is 1. The van der Waals surface area contributed by atoms with E-state index >= 15 is 0 Å². The molecular formula is C29H34ClFN2O4S. The van der Waals surface area contributed by atoms with Crippen molar-refractivity contribution in [2.24, 2.45) is 5.41 Å². The second-order valence-corrected chi connectivity index (χ2v) is 11.5. The molecule has 2 N–H and O–H groups in total. The number of carbonyl (C=O) groups is 1. The lowest BCUT2D eigenvalue weighted by Gasteiger charge is -2.41. The van der Waals surface area contributed by atoms with E-state index in [-0.39, 0.29) is 17.7 Å². The summed E-state index contributed by atoms with van der Waals surface area (Å²) in [6.45, 7) is 2.52. The van der Waals surface area contributed by atoms with Crippen LogP contribution in [0.5, 0.6) is 5.75 Å². The van der Waals surface area contributed by atoms with Crippen LogP contribution in [0, 0.1) is 11.2 Å². The normalized spacial score (nSPS) is 16.4. The van der Waals surface area contributed by atoms with Gasteiger partial charge >= 0.3 is 5.97 Å². The molecule has 6 nitrogen and oxygen atoms in total. The number of aliphatic hydroxyl groups is 1. The van der Waals surface area contributed by atoms with Crippen LogP contribution < -0.4 is 4.74 Å². The highest BCUT2D eigenvalue weighted by Gasteiger charge is 2.37. The van der Waals surface area contributed by atoms with Gasteiger partial charge in [-0.2, -0.15) is 0 Å². The van der Waals surface area contributed by atoms with Crippen molar-refractivity contribution in [3.8, 4) is 5.75 Å². The Bertz CT molecular complexity index is 1250. The molecule has 3 aromatic rings. The molecule has 1 aliphatic rings. The number of methoxy groups -OCH3 is 1. The third-order valence-corrected chi connectivity index (χ3v) is 8.94. The van der Waals surface area contributed by atoms with Crippen molar-refractivity contribution >= 4 is 40.2 Å². The number of carboxylic acid groups (broad SMARTS) is 1. The standard InChI is InChI=1S/C29H34ClFN2O4S/c1-37-20-7-8-24-21(17-20)28(22(30)19-32-24)25(34)9-10-29(18-27(35)36)11-14-33(15-12-29)13-4-16-38-26-6-3-2-5-23(26)31/h2-3,5-8,17,19,25,34H,4,9-16,18H2,1H3,(H,35,36)/t25-/m0/s1. The van der Waals surface area contributed by atoms with Crippen LogP contribution in [-0.2, 0) is 4.79 Å². The highest BCUT2D eigenvalue weighted by Crippen LogP contribution is 2.43. The van der Waals surface area contributed by atoms with E-state index in [1.807, 2.05) is 24.3 Å². The highest BCUT2D eigenvalue weighted by atomic mass is 35.5. The number of aromatic nitrogens is 1. The minimum absolute atomic E-state index is 0.0787. The molecule has 0 radical (unpaired) electrons. The predicted octanol–water partition coefficient (Wildman–Crippen LogP) is 6.59. The summed E-state index contributed by atoms with van der Waals surface area (Å²) in [5.74, 6) is 0.481. The van der Waals surface area contributed by atoms with E-state index < -0.39 is 12.1 Å². The first kappa shape index (κ1) is 28.6. The molecule has 204 valence electrons. The van der Waals surface area contributed by atoms with E-state index in [9.17, 15) is 19.4 Å². The van der Waals surface area contributed by atoms with E-state index in [2.05, 4.69) is 9.88 Å². The number of pyridine rings is 1. The minimum atomic E-state index is -0.848. The molecule has 0 saturated carbocycles. The topological polar surface area (TPSA) is 82.9 Å². The number of ether oxygens (including phenoxy) is 1. The van der Waals surface area contributed by atoms with Crippen molar-refractivity contribution < 1.29 is 24.1 Å². The maximum Gasteiger partial charge on any atom is 0.303 e. The molecule has 9 heteroatoms. The Morgan fingerprint density at radius 2 is 2.03 bits per heavy atom. The Hall–Kier alpha value is -2.39. The SMILES string of the molecule is COc1ccc2ncc(Cl)c([C@@H](O)CCC3(CC(=O)O)CCN(CCCSc4ccccc4F)CC3)c2c1. The van der Waals surface area contributed by atoms with E-state index in [4.69, 9.17) is 16.3 Å². The van der Waals surface area contributed by atoms with Gasteiger partial charge in [0.25, 0.3) is 0 Å². The van der Waals surface area contributed by atoms with Gasteiger partial charge in [0.1, 0.15) is 11.6 Å². The molecule has 0 unspecified atom stereocenters. The lowest BCUT2D eigenvalue weighted by molar-refractivity contribution is -0.141. The molecular weight excluding hydrogens is 527 g/mol. The van der Waals surface area contributed by atoms with Crippen molar-refractivity contribution in [1.82, 2.24) is 9.88 Å². The summed E-state index contributed by atoms with van der Waals surface area (Å²) in [5, 5.41) is 22.0. The molecule has 1 fully saturated rings. The number of nitrogens with zero attached hydrogens (tertiary/aromatic N) is 2. The first-order valence-corrected chi connectivity index (χ1v) is 14.3. The molecule has 1 aromatic heterocycles. The minimum Gasteiger partial charge on any atom is -0.497 e. The zero-order valence-corrected chi connectivity index (χ0v) is 23.1. The van der Waals surface area contributed by atoms with Gasteiger partial charge in [0.2, 0.25) is 0 Å². The Kier molecular flexibility index (Phi) is 9.87. The third kappa shape index (κ3) is 7.17. The molecule has 1 aliphatic heterocycles. The van der Waals surface area contributed by atoms with Crippen LogP contribution in [0.4, 0.5) is 4.39 Å². The molecule has 38 heavy (non-hydrogen) atoms. The van der Waals surface area contributed by atoms with Crippen molar-refractivity contribution in [1.29, 1.82) is 0 Å². The van der Waals surface area contributed by atoms with Crippen LogP contribution in [0.1, 0.15) is 50.2 Å². The fraction of sp³-hybridized carbons (Fsp3) is 0.448. The number of carboxylic acids is 1. The molecule has 0 spiro atoms. The van der Waals surface area contributed by atoms with Gasteiger partial charge in [-0.25, -0.2) is 4.39 Å². The second kappa shape index (κ2) is 13.1. The first-order chi connectivity index (χ1) is 18.3. The van der Waals surface area contributed by atoms with Crippen molar-refractivity contribution in [2.45, 2.75) is 49.5 Å². The Morgan fingerprint density at radius 3 is 2.74 bits per heavy atom. The Balaban J connectivity index is 1.35. The average Bonchev–Trinajstić information content (AvgIpc) is 2.91. The smallest absolute Gasteiger partial charge is 0.303 e. The molecule has 0 aliphatic carbocycles. The Labute approximate surface area is 232 Å². The second-order valence-electron chi connectivity index (χ2n) is 10.0. The van der Waals surface area contributed by atoms with Crippen molar-refractivity contribution in [2.75, 3.05) is 32.5 Å². The highest BCUT2D eigenvalue weighted by molar-refractivity contribution is 7.99. The lowest BCUT2D eigenvalue weighted by Crippen LogP contribution is -2.41. The number of thioether (sulfide) groups is 1. The monoisotopic (exact) mass is 560 g/mol. The number of aliphatic hydroxyl groups excluding tert-OH is 1. The van der Waals surface area contributed by atoms with Crippen LogP contribution in [-0.4, -0.2) is 58.6 Å². The van der Waals surface area contributed by atoms with E-state index in [1.165, 1.54) is 17.8 Å². The van der Waals surface area contributed by atoms with Crippen LogP contribution in [0.25, 0.3) is 10.9 Å². The summed E-state index contributed by atoms with van der Waals surface area (Å²) in [4.78, 5) is 19.2. The van der Waals surface area contributed by atoms with Gasteiger partial charge in [0.15, 0.2) is 0 Å². The summed E-state index contributed by atoms with van der Waals surface area (Å²) in [7, 11) is 1.58. The number of halogens is 2. The van der Waals surface area contributed by atoms with E-state index in [1.54, 1.807) is 25.4 Å². The number of rotatable bonds is 12. The molecule has 2 aromatic carbocycles. The predicted molar refractivity (Wildman–Crippen MR) is 150 cm³/mol. The van der Waals surface area contributed by atoms with E-state index in [0.717, 1.165) is 50.0 Å². The maximum absolute atomic E-state index is 13.8. The summed E-state index contributed by atoms with van der Waals surface area (Å²) in [5.41, 5.74) is 0.940. The molecule has 2 heterocycles. The van der Waals surface area contributed by atoms with E-state index in [0.29, 0.717) is 39.6 Å². The van der Waals surface area contributed by atoms with Crippen LogP contribution in [0.3, 0.4) is 0 Å². The fourth-order valence-electron chi connectivity index (χ4n) is 5.34. The van der Waals surface area contributed by atoms with Crippen LogP contribution >= 0.6 is 23.4 Å². The molecule has 0 amide bonds. The fourth-order valence-corrected chi connectivity index (χ4v) is 6.49. The number of piperidine rings is 1. The van der Waals surface area contributed by atoms with Crippen LogP contribution in [0.2, 0.25) is 5.02 Å². The summed E-state index contributed by atoms with van der Waals surface area (Å²) in [6.07, 6.45) is 4.21. The zero-order valence-electron chi connectivity index (χ0n) is 21.5. The first-order valence-electron chi connectivity index (χ1n) is 12.9.